The Bertz CT molecular complexity index is 989. The van der Waals surface area contributed by atoms with Crippen molar-refractivity contribution >= 4 is 35.4 Å². The van der Waals surface area contributed by atoms with Crippen molar-refractivity contribution in [1.29, 1.82) is 0 Å². The van der Waals surface area contributed by atoms with Gasteiger partial charge in [0.15, 0.2) is 0 Å². The first kappa shape index (κ1) is 19.1. The van der Waals surface area contributed by atoms with E-state index in [0.717, 1.165) is 10.5 Å². The maximum atomic E-state index is 12.8. The number of carbonyl (C=O) groups excluding carboxylic acids is 3. The van der Waals surface area contributed by atoms with E-state index >= 15 is 0 Å². The Morgan fingerprint density at radius 3 is 2.59 bits per heavy atom. The number of amides is 3. The van der Waals surface area contributed by atoms with Crippen LogP contribution in [0.15, 0.2) is 70.8 Å². The summed E-state index contributed by atoms with van der Waals surface area (Å²) in [4.78, 5) is 39.9. The van der Waals surface area contributed by atoms with Crippen LogP contribution >= 0.6 is 11.8 Å². The Hall–Kier alpha value is -3.26. The Kier molecular flexibility index (Phi) is 5.26. The van der Waals surface area contributed by atoms with Crippen molar-refractivity contribution in [3.05, 3.63) is 71.4 Å². The minimum absolute atomic E-state index is 0.0282. The predicted molar refractivity (Wildman–Crippen MR) is 109 cm³/mol. The van der Waals surface area contributed by atoms with Crippen LogP contribution in [0, 0.1) is 0 Å². The normalized spacial score (nSPS) is 18.2. The van der Waals surface area contributed by atoms with Gasteiger partial charge in [-0.1, -0.05) is 30.3 Å². The number of urea groups is 1. The van der Waals surface area contributed by atoms with Gasteiger partial charge in [0.2, 0.25) is 5.91 Å². The lowest BCUT2D eigenvalue weighted by Gasteiger charge is -2.32. The second-order valence-electron chi connectivity index (χ2n) is 6.59. The quantitative estimate of drug-likeness (QED) is 0.586. The van der Waals surface area contributed by atoms with Gasteiger partial charge in [0.1, 0.15) is 13.2 Å². The van der Waals surface area contributed by atoms with Gasteiger partial charge >= 0.3 is 12.0 Å². The lowest BCUT2D eigenvalue weighted by molar-refractivity contribution is -0.136. The zero-order chi connectivity index (χ0) is 20.4. The molecule has 8 heteroatoms. The average Bonchev–Trinajstić information content (AvgIpc) is 3.12. The van der Waals surface area contributed by atoms with Gasteiger partial charge in [0, 0.05) is 10.6 Å². The zero-order valence-corrected chi connectivity index (χ0v) is 16.5. The highest BCUT2D eigenvalue weighted by Crippen LogP contribution is 2.35. The number of anilines is 1. The SMILES string of the molecule is CSc1ccc([C@H]2NC(=O)N(CC(=O)Nc3ccccc3)C3=C2C(=O)OC3)cc1. The van der Waals surface area contributed by atoms with Crippen molar-refractivity contribution < 1.29 is 19.1 Å². The topological polar surface area (TPSA) is 87.7 Å². The molecule has 0 spiro atoms. The number of hydrogen-bond donors (Lipinski definition) is 2. The van der Waals surface area contributed by atoms with Crippen molar-refractivity contribution in [3.8, 4) is 0 Å². The molecule has 0 aliphatic carbocycles. The fraction of sp³-hybridized carbons (Fsp3) is 0.190. The van der Waals surface area contributed by atoms with Crippen molar-refractivity contribution in [2.45, 2.75) is 10.9 Å². The molecule has 2 aromatic carbocycles. The maximum Gasteiger partial charge on any atom is 0.338 e. The molecule has 2 aromatic rings. The van der Waals surface area contributed by atoms with Crippen molar-refractivity contribution in [2.75, 3.05) is 24.7 Å². The van der Waals surface area contributed by atoms with Crippen LogP contribution in [0.3, 0.4) is 0 Å². The largest absolute Gasteiger partial charge is 0.456 e. The van der Waals surface area contributed by atoms with Crippen LogP contribution in [0.25, 0.3) is 0 Å². The minimum atomic E-state index is -0.600. The summed E-state index contributed by atoms with van der Waals surface area (Å²) in [6, 6.07) is 15.6. The Morgan fingerprint density at radius 1 is 1.17 bits per heavy atom. The third-order valence-corrected chi connectivity index (χ3v) is 5.55. The van der Waals surface area contributed by atoms with Crippen LogP contribution in [-0.4, -0.2) is 42.2 Å². The Balaban J connectivity index is 1.59. The number of thioether (sulfide) groups is 1. The van der Waals surface area contributed by atoms with E-state index < -0.39 is 18.0 Å². The van der Waals surface area contributed by atoms with Crippen molar-refractivity contribution in [1.82, 2.24) is 10.2 Å². The van der Waals surface area contributed by atoms with E-state index in [4.69, 9.17) is 4.74 Å². The molecule has 7 nitrogen and oxygen atoms in total. The smallest absolute Gasteiger partial charge is 0.338 e. The highest BCUT2D eigenvalue weighted by Gasteiger charge is 2.42. The summed E-state index contributed by atoms with van der Waals surface area (Å²) >= 11 is 1.61. The molecule has 3 amide bonds. The van der Waals surface area contributed by atoms with Gasteiger partial charge in [-0.3, -0.25) is 9.69 Å². The van der Waals surface area contributed by atoms with E-state index in [9.17, 15) is 14.4 Å². The number of hydrogen-bond acceptors (Lipinski definition) is 5. The summed E-state index contributed by atoms with van der Waals surface area (Å²) in [5.41, 5.74) is 2.22. The van der Waals surface area contributed by atoms with E-state index in [1.54, 1.807) is 36.0 Å². The minimum Gasteiger partial charge on any atom is -0.456 e. The third kappa shape index (κ3) is 3.84. The molecule has 0 bridgehead atoms. The average molecular weight is 409 g/mol. The van der Waals surface area contributed by atoms with E-state index in [-0.39, 0.29) is 19.1 Å². The van der Waals surface area contributed by atoms with Gasteiger partial charge < -0.3 is 15.4 Å². The van der Waals surface area contributed by atoms with Crippen LogP contribution in [0.4, 0.5) is 10.5 Å². The summed E-state index contributed by atoms with van der Waals surface area (Å²) in [6.07, 6.45) is 1.98. The van der Waals surface area contributed by atoms with Gasteiger partial charge in [-0.05, 0) is 36.1 Å². The van der Waals surface area contributed by atoms with E-state index in [1.807, 2.05) is 36.6 Å². The molecule has 2 heterocycles. The van der Waals surface area contributed by atoms with Crippen molar-refractivity contribution in [3.63, 3.8) is 0 Å². The van der Waals surface area contributed by atoms with Crippen LogP contribution in [-0.2, 0) is 14.3 Å². The molecular formula is C21H19N3O4S. The summed E-state index contributed by atoms with van der Waals surface area (Å²) in [6.45, 7) is -0.242. The molecule has 2 aliphatic rings. The third-order valence-electron chi connectivity index (χ3n) is 4.81. The molecule has 0 saturated carbocycles. The number of para-hydroxylation sites is 1. The molecule has 148 valence electrons. The fourth-order valence-electron chi connectivity index (χ4n) is 3.39. The van der Waals surface area contributed by atoms with Crippen LogP contribution < -0.4 is 10.6 Å². The second-order valence-corrected chi connectivity index (χ2v) is 7.47. The fourth-order valence-corrected chi connectivity index (χ4v) is 3.80. The molecule has 29 heavy (non-hydrogen) atoms. The first-order chi connectivity index (χ1) is 14.1. The molecule has 0 saturated heterocycles. The van der Waals surface area contributed by atoms with Gasteiger partial charge in [0.25, 0.3) is 0 Å². The summed E-state index contributed by atoms with van der Waals surface area (Å²) in [5, 5.41) is 5.58. The molecule has 0 aromatic heterocycles. The highest BCUT2D eigenvalue weighted by atomic mass is 32.2. The molecule has 2 N–H and O–H groups in total. The summed E-state index contributed by atoms with van der Waals surface area (Å²) in [7, 11) is 0. The Labute approximate surface area is 172 Å². The number of nitrogens with zero attached hydrogens (tertiary/aromatic N) is 1. The molecule has 0 fully saturated rings. The van der Waals surface area contributed by atoms with Crippen LogP contribution in [0.5, 0.6) is 0 Å². The number of ether oxygens (including phenoxy) is 1. The monoisotopic (exact) mass is 409 g/mol. The van der Waals surface area contributed by atoms with E-state index in [0.29, 0.717) is 17.0 Å². The highest BCUT2D eigenvalue weighted by molar-refractivity contribution is 7.98. The standard InChI is InChI=1S/C21H19N3O4S/c1-29-15-9-7-13(8-10-15)19-18-16(12-28-20(18)26)24(21(27)23-19)11-17(25)22-14-5-3-2-4-6-14/h2-10,19H,11-12H2,1H3,(H,22,25)(H,23,27)/t19-/m1/s1. The molecule has 1 atom stereocenters. The lowest BCUT2D eigenvalue weighted by atomic mass is 9.96. The Morgan fingerprint density at radius 2 is 1.90 bits per heavy atom. The molecule has 0 unspecified atom stereocenters. The number of rotatable bonds is 5. The second kappa shape index (κ2) is 8.00. The summed E-state index contributed by atoms with van der Waals surface area (Å²) in [5.74, 6) is -0.840. The lowest BCUT2D eigenvalue weighted by Crippen LogP contribution is -2.49. The molecule has 0 radical (unpaired) electrons. The first-order valence-corrected chi connectivity index (χ1v) is 10.3. The van der Waals surface area contributed by atoms with Gasteiger partial charge in [-0.15, -0.1) is 11.8 Å². The van der Waals surface area contributed by atoms with Crippen molar-refractivity contribution in [2.24, 2.45) is 0 Å². The van der Waals surface area contributed by atoms with Gasteiger partial charge in [0.05, 0.1) is 17.3 Å². The summed E-state index contributed by atoms with van der Waals surface area (Å²) < 4.78 is 5.19. The molecule has 4 rings (SSSR count). The van der Waals surface area contributed by atoms with E-state index in [1.165, 1.54) is 4.90 Å². The molecule has 2 aliphatic heterocycles. The number of carbonyl (C=O) groups is 3. The zero-order valence-electron chi connectivity index (χ0n) is 15.7. The number of cyclic esters (lactones) is 1. The van der Waals surface area contributed by atoms with E-state index in [2.05, 4.69) is 10.6 Å². The predicted octanol–water partition coefficient (Wildman–Crippen LogP) is 2.92. The first-order valence-electron chi connectivity index (χ1n) is 9.04. The van der Waals surface area contributed by atoms with Gasteiger partial charge in [-0.2, -0.15) is 0 Å². The van der Waals surface area contributed by atoms with Crippen LogP contribution in [0.2, 0.25) is 0 Å². The number of benzene rings is 2. The molecular weight excluding hydrogens is 390 g/mol. The van der Waals surface area contributed by atoms with Gasteiger partial charge in [-0.25, -0.2) is 9.59 Å². The number of esters is 1. The maximum absolute atomic E-state index is 12.8. The number of nitrogens with one attached hydrogen (secondary N) is 2. The van der Waals surface area contributed by atoms with Crippen LogP contribution in [0.1, 0.15) is 11.6 Å².